The van der Waals surface area contributed by atoms with Gasteiger partial charge in [0.05, 0.1) is 0 Å². The summed E-state index contributed by atoms with van der Waals surface area (Å²) in [7, 11) is 0. The minimum atomic E-state index is 1.03. The number of fused-ring (bicyclic) bond motifs is 1. The molecule has 0 bridgehead atoms. The van der Waals surface area contributed by atoms with Gasteiger partial charge in [-0.2, -0.15) is 0 Å². The molecule has 0 saturated heterocycles. The van der Waals surface area contributed by atoms with E-state index >= 15 is 0 Å². The van der Waals surface area contributed by atoms with Crippen LogP contribution in [0.5, 0.6) is 0 Å². The number of anilines is 1. The van der Waals surface area contributed by atoms with Gasteiger partial charge < -0.3 is 5.32 Å². The molecule has 2 rings (SSSR count). The second kappa shape index (κ2) is 3.31. The predicted molar refractivity (Wildman–Crippen MR) is 56.3 cm³/mol. The van der Waals surface area contributed by atoms with E-state index in [4.69, 9.17) is 0 Å². The fourth-order valence-corrected chi connectivity index (χ4v) is 1.71. The Kier molecular flexibility index (Phi) is 2.17. The number of rotatable bonds is 0. The summed E-state index contributed by atoms with van der Waals surface area (Å²) in [5.74, 6) is 0. The molecule has 62 valence electrons. The van der Waals surface area contributed by atoms with E-state index < -0.39 is 0 Å². The smallest absolute Gasteiger partial charge is 0.0414 e. The molecule has 0 amide bonds. The van der Waals surface area contributed by atoms with Crippen molar-refractivity contribution in [3.63, 3.8) is 0 Å². The lowest BCUT2D eigenvalue weighted by Gasteiger charge is -2.05. The third kappa shape index (κ3) is 1.53. The fourth-order valence-electron chi connectivity index (χ4n) is 1.33. The van der Waals surface area contributed by atoms with Gasteiger partial charge in [0.1, 0.15) is 0 Å². The van der Waals surface area contributed by atoms with Crippen molar-refractivity contribution in [3.8, 4) is 0 Å². The summed E-state index contributed by atoms with van der Waals surface area (Å²) in [6.45, 7) is 1.03. The van der Waals surface area contributed by atoms with E-state index in [0.29, 0.717) is 0 Å². The zero-order chi connectivity index (χ0) is 8.39. The van der Waals surface area contributed by atoms with Crippen LogP contribution in [0.2, 0.25) is 0 Å². The largest absolute Gasteiger partial charge is 0.384 e. The van der Waals surface area contributed by atoms with Gasteiger partial charge >= 0.3 is 0 Å². The second-order valence-corrected chi connectivity index (χ2v) is 3.77. The number of nitrogens with one attached hydrogen (secondary N) is 1. The average molecular weight is 224 g/mol. The molecular formula is C10H10BrN. The standard InChI is InChI=1S/C10H10BrN/c11-9-4-5-10-8(7-9)3-1-2-6-12-10/h1,3-5,7,12H,2,6H2. The highest BCUT2D eigenvalue weighted by atomic mass is 79.9. The maximum absolute atomic E-state index is 3.45. The lowest BCUT2D eigenvalue weighted by molar-refractivity contribution is 1.08. The molecule has 0 aromatic heterocycles. The average Bonchev–Trinajstić information content (AvgIpc) is 2.28. The molecule has 0 fully saturated rings. The minimum absolute atomic E-state index is 1.03. The Morgan fingerprint density at radius 2 is 2.25 bits per heavy atom. The van der Waals surface area contributed by atoms with Crippen LogP contribution in [-0.4, -0.2) is 6.54 Å². The Morgan fingerprint density at radius 3 is 3.17 bits per heavy atom. The zero-order valence-electron chi connectivity index (χ0n) is 6.68. The monoisotopic (exact) mass is 223 g/mol. The molecular weight excluding hydrogens is 214 g/mol. The Bertz CT molecular complexity index is 318. The first-order chi connectivity index (χ1) is 5.86. The number of benzene rings is 1. The van der Waals surface area contributed by atoms with Crippen molar-refractivity contribution in [2.75, 3.05) is 11.9 Å². The van der Waals surface area contributed by atoms with Crippen molar-refractivity contribution in [3.05, 3.63) is 34.3 Å². The Hall–Kier alpha value is -0.760. The lowest BCUT2D eigenvalue weighted by atomic mass is 10.2. The van der Waals surface area contributed by atoms with E-state index in [9.17, 15) is 0 Å². The van der Waals surface area contributed by atoms with Gasteiger partial charge in [-0.05, 0) is 30.2 Å². The van der Waals surface area contributed by atoms with E-state index in [1.807, 2.05) is 0 Å². The normalized spacial score (nSPS) is 14.8. The molecule has 0 aliphatic carbocycles. The first-order valence-corrected chi connectivity index (χ1v) is 4.85. The second-order valence-electron chi connectivity index (χ2n) is 2.85. The highest BCUT2D eigenvalue weighted by Gasteiger charge is 2.01. The molecule has 0 saturated carbocycles. The maximum atomic E-state index is 3.45. The van der Waals surface area contributed by atoms with Gasteiger partial charge in [0.15, 0.2) is 0 Å². The van der Waals surface area contributed by atoms with Gasteiger partial charge in [0, 0.05) is 16.7 Å². The molecule has 1 aliphatic heterocycles. The summed E-state index contributed by atoms with van der Waals surface area (Å²) in [5.41, 5.74) is 2.49. The predicted octanol–water partition coefficient (Wildman–Crippen LogP) is 3.28. The molecule has 1 aromatic carbocycles. The minimum Gasteiger partial charge on any atom is -0.384 e. The number of halogens is 1. The Morgan fingerprint density at radius 1 is 1.33 bits per heavy atom. The quantitative estimate of drug-likeness (QED) is 0.713. The van der Waals surface area contributed by atoms with Gasteiger partial charge in [0.25, 0.3) is 0 Å². The van der Waals surface area contributed by atoms with Crippen LogP contribution >= 0.6 is 15.9 Å². The van der Waals surface area contributed by atoms with Crippen LogP contribution in [0.25, 0.3) is 6.08 Å². The Labute approximate surface area is 80.6 Å². The molecule has 1 nitrogen and oxygen atoms in total. The highest BCUT2D eigenvalue weighted by molar-refractivity contribution is 9.10. The first-order valence-electron chi connectivity index (χ1n) is 4.06. The van der Waals surface area contributed by atoms with Crippen molar-refractivity contribution < 1.29 is 0 Å². The zero-order valence-corrected chi connectivity index (χ0v) is 8.26. The van der Waals surface area contributed by atoms with Crippen LogP contribution < -0.4 is 5.32 Å². The van der Waals surface area contributed by atoms with E-state index in [1.54, 1.807) is 0 Å². The highest BCUT2D eigenvalue weighted by Crippen LogP contribution is 2.23. The SMILES string of the molecule is Brc1ccc2c(c1)C=CCCN2. The summed E-state index contributed by atoms with van der Waals surface area (Å²) in [5, 5.41) is 3.37. The van der Waals surface area contributed by atoms with Crippen molar-refractivity contribution in [1.82, 2.24) is 0 Å². The van der Waals surface area contributed by atoms with Crippen LogP contribution in [0.1, 0.15) is 12.0 Å². The molecule has 1 aromatic rings. The third-order valence-electron chi connectivity index (χ3n) is 1.94. The van der Waals surface area contributed by atoms with Crippen molar-refractivity contribution >= 4 is 27.7 Å². The molecule has 0 radical (unpaired) electrons. The number of hydrogen-bond donors (Lipinski definition) is 1. The molecule has 0 unspecified atom stereocenters. The summed E-state index contributed by atoms with van der Waals surface area (Å²) in [6, 6.07) is 6.30. The fraction of sp³-hybridized carbons (Fsp3) is 0.200. The van der Waals surface area contributed by atoms with E-state index in [0.717, 1.165) is 17.4 Å². The summed E-state index contributed by atoms with van der Waals surface area (Å²) < 4.78 is 1.13. The summed E-state index contributed by atoms with van der Waals surface area (Å²) in [6.07, 6.45) is 5.47. The summed E-state index contributed by atoms with van der Waals surface area (Å²) >= 11 is 3.45. The van der Waals surface area contributed by atoms with Gasteiger partial charge in [0.2, 0.25) is 0 Å². The van der Waals surface area contributed by atoms with Crippen molar-refractivity contribution in [2.24, 2.45) is 0 Å². The molecule has 1 aliphatic rings. The molecule has 0 atom stereocenters. The molecule has 0 spiro atoms. The maximum Gasteiger partial charge on any atom is 0.0414 e. The van der Waals surface area contributed by atoms with Crippen LogP contribution in [0.15, 0.2) is 28.7 Å². The van der Waals surface area contributed by atoms with Crippen LogP contribution in [0.3, 0.4) is 0 Å². The van der Waals surface area contributed by atoms with Crippen molar-refractivity contribution in [1.29, 1.82) is 0 Å². The van der Waals surface area contributed by atoms with E-state index in [1.165, 1.54) is 11.3 Å². The molecule has 1 N–H and O–H groups in total. The number of hydrogen-bond acceptors (Lipinski definition) is 1. The summed E-state index contributed by atoms with van der Waals surface area (Å²) in [4.78, 5) is 0. The van der Waals surface area contributed by atoms with Crippen molar-refractivity contribution in [2.45, 2.75) is 6.42 Å². The van der Waals surface area contributed by atoms with Gasteiger partial charge in [-0.3, -0.25) is 0 Å². The third-order valence-corrected chi connectivity index (χ3v) is 2.43. The molecule has 2 heteroatoms. The Balaban J connectivity index is 2.47. The van der Waals surface area contributed by atoms with Crippen LogP contribution in [0, 0.1) is 0 Å². The molecule has 1 heterocycles. The molecule has 12 heavy (non-hydrogen) atoms. The van der Waals surface area contributed by atoms with Gasteiger partial charge in [-0.1, -0.05) is 28.1 Å². The topological polar surface area (TPSA) is 12.0 Å². The van der Waals surface area contributed by atoms with E-state index in [-0.39, 0.29) is 0 Å². The van der Waals surface area contributed by atoms with E-state index in [2.05, 4.69) is 51.6 Å². The lowest BCUT2D eigenvalue weighted by Crippen LogP contribution is -1.99. The van der Waals surface area contributed by atoms with Crippen LogP contribution in [0.4, 0.5) is 5.69 Å². The van der Waals surface area contributed by atoms with Gasteiger partial charge in [-0.15, -0.1) is 0 Å². The van der Waals surface area contributed by atoms with Crippen LogP contribution in [-0.2, 0) is 0 Å². The first kappa shape index (κ1) is 7.87. The van der Waals surface area contributed by atoms with Gasteiger partial charge in [-0.25, -0.2) is 0 Å².